The van der Waals surface area contributed by atoms with Crippen LogP contribution in [0.1, 0.15) is 41.7 Å². The number of methoxy groups -OCH3 is 2. The zero-order valence-electron chi connectivity index (χ0n) is 18.0. The van der Waals surface area contributed by atoms with Crippen LogP contribution in [0, 0.1) is 5.82 Å². The standard InChI is InChI=1S/C23H28FN3O4/c1-15(16-6-8-18(24)9-7-16)25-23(29)17-12-19(22(31-3)20(13-17)30-2)26-21(28)14-27-10-4-5-11-27/h6-9,12-13,15H,4-5,10-11,14H2,1-3H3,(H,25,29)(H,26,28)/t15-/m1/s1. The molecule has 7 nitrogen and oxygen atoms in total. The topological polar surface area (TPSA) is 79.9 Å². The van der Waals surface area contributed by atoms with E-state index in [2.05, 4.69) is 15.5 Å². The van der Waals surface area contributed by atoms with Crippen molar-refractivity contribution in [1.29, 1.82) is 0 Å². The Kier molecular flexibility index (Phi) is 7.46. The molecule has 1 aliphatic heterocycles. The summed E-state index contributed by atoms with van der Waals surface area (Å²) in [6, 6.07) is 8.73. The average molecular weight is 429 g/mol. The molecule has 8 heteroatoms. The summed E-state index contributed by atoms with van der Waals surface area (Å²) in [5.74, 6) is -0.190. The van der Waals surface area contributed by atoms with Gasteiger partial charge in [-0.2, -0.15) is 0 Å². The Balaban J connectivity index is 1.78. The first kappa shape index (κ1) is 22.6. The first-order chi connectivity index (χ1) is 14.9. The zero-order valence-corrected chi connectivity index (χ0v) is 18.0. The van der Waals surface area contributed by atoms with E-state index in [0.29, 0.717) is 22.7 Å². The van der Waals surface area contributed by atoms with E-state index in [4.69, 9.17) is 9.47 Å². The molecular formula is C23H28FN3O4. The second-order valence-electron chi connectivity index (χ2n) is 7.54. The molecule has 166 valence electrons. The van der Waals surface area contributed by atoms with Gasteiger partial charge in [0.1, 0.15) is 5.82 Å². The molecule has 0 bridgehead atoms. The SMILES string of the molecule is COc1cc(C(=O)N[C@H](C)c2ccc(F)cc2)cc(NC(=O)CN2CCCC2)c1OC. The van der Waals surface area contributed by atoms with E-state index in [1.165, 1.54) is 26.4 Å². The Morgan fingerprint density at radius 1 is 1.10 bits per heavy atom. The fourth-order valence-corrected chi connectivity index (χ4v) is 3.64. The van der Waals surface area contributed by atoms with Crippen LogP contribution in [-0.2, 0) is 4.79 Å². The van der Waals surface area contributed by atoms with Gasteiger partial charge in [-0.1, -0.05) is 12.1 Å². The van der Waals surface area contributed by atoms with Gasteiger partial charge in [-0.05, 0) is 62.7 Å². The predicted octanol–water partition coefficient (Wildman–Crippen LogP) is 3.37. The highest BCUT2D eigenvalue weighted by atomic mass is 19.1. The van der Waals surface area contributed by atoms with Crippen molar-refractivity contribution in [2.75, 3.05) is 39.2 Å². The normalized spacial score (nSPS) is 14.7. The van der Waals surface area contributed by atoms with Gasteiger partial charge in [-0.3, -0.25) is 14.5 Å². The quantitative estimate of drug-likeness (QED) is 0.673. The molecule has 0 aliphatic carbocycles. The summed E-state index contributed by atoms with van der Waals surface area (Å²) in [6.07, 6.45) is 2.18. The highest BCUT2D eigenvalue weighted by Crippen LogP contribution is 2.37. The molecule has 2 aromatic rings. The summed E-state index contributed by atoms with van der Waals surface area (Å²) in [5, 5.41) is 5.72. The number of nitrogens with zero attached hydrogens (tertiary/aromatic N) is 1. The number of carbonyl (C=O) groups is 2. The van der Waals surface area contributed by atoms with E-state index in [9.17, 15) is 14.0 Å². The van der Waals surface area contributed by atoms with Crippen LogP contribution in [0.15, 0.2) is 36.4 Å². The van der Waals surface area contributed by atoms with Gasteiger partial charge in [-0.25, -0.2) is 4.39 Å². The molecule has 1 heterocycles. The Bertz CT molecular complexity index is 927. The molecule has 0 spiro atoms. The second-order valence-corrected chi connectivity index (χ2v) is 7.54. The number of ether oxygens (including phenoxy) is 2. The van der Waals surface area contributed by atoms with E-state index in [-0.39, 0.29) is 30.2 Å². The predicted molar refractivity (Wildman–Crippen MR) is 116 cm³/mol. The lowest BCUT2D eigenvalue weighted by Crippen LogP contribution is -2.31. The molecule has 2 aromatic carbocycles. The summed E-state index contributed by atoms with van der Waals surface area (Å²) < 4.78 is 23.9. The number of likely N-dealkylation sites (tertiary alicyclic amines) is 1. The first-order valence-corrected chi connectivity index (χ1v) is 10.3. The number of amides is 2. The summed E-state index contributed by atoms with van der Waals surface area (Å²) in [4.78, 5) is 27.5. The molecule has 0 unspecified atom stereocenters. The molecule has 1 fully saturated rings. The van der Waals surface area contributed by atoms with E-state index < -0.39 is 0 Å². The van der Waals surface area contributed by atoms with Gasteiger partial charge in [0.05, 0.1) is 32.5 Å². The average Bonchev–Trinajstić information content (AvgIpc) is 3.26. The van der Waals surface area contributed by atoms with Gasteiger partial charge >= 0.3 is 0 Å². The van der Waals surface area contributed by atoms with Gasteiger partial charge in [0, 0.05) is 5.56 Å². The van der Waals surface area contributed by atoms with Crippen LogP contribution in [0.25, 0.3) is 0 Å². The zero-order chi connectivity index (χ0) is 22.4. The number of hydrogen-bond donors (Lipinski definition) is 2. The lowest BCUT2D eigenvalue weighted by atomic mass is 10.1. The molecule has 0 aromatic heterocycles. The maximum absolute atomic E-state index is 13.2. The van der Waals surface area contributed by atoms with Crippen molar-refractivity contribution in [3.63, 3.8) is 0 Å². The number of hydrogen-bond acceptors (Lipinski definition) is 5. The molecule has 2 amide bonds. The van der Waals surface area contributed by atoms with Crippen molar-refractivity contribution in [2.45, 2.75) is 25.8 Å². The van der Waals surface area contributed by atoms with E-state index >= 15 is 0 Å². The Hall–Kier alpha value is -3.13. The van der Waals surface area contributed by atoms with Crippen LogP contribution in [0.3, 0.4) is 0 Å². The van der Waals surface area contributed by atoms with Gasteiger partial charge in [0.2, 0.25) is 5.91 Å². The summed E-state index contributed by atoms with van der Waals surface area (Å²) in [6.45, 7) is 3.89. The van der Waals surface area contributed by atoms with Gasteiger partial charge in [0.25, 0.3) is 5.91 Å². The minimum atomic E-state index is -0.354. The third kappa shape index (κ3) is 5.73. The number of nitrogens with one attached hydrogen (secondary N) is 2. The van der Waals surface area contributed by atoms with Gasteiger partial charge in [-0.15, -0.1) is 0 Å². The molecular weight excluding hydrogens is 401 g/mol. The van der Waals surface area contributed by atoms with Crippen LogP contribution >= 0.6 is 0 Å². The minimum absolute atomic E-state index is 0.181. The lowest BCUT2D eigenvalue weighted by molar-refractivity contribution is -0.117. The number of carbonyl (C=O) groups excluding carboxylic acids is 2. The molecule has 3 rings (SSSR count). The smallest absolute Gasteiger partial charge is 0.251 e. The fourth-order valence-electron chi connectivity index (χ4n) is 3.64. The lowest BCUT2D eigenvalue weighted by Gasteiger charge is -2.19. The van der Waals surface area contributed by atoms with Crippen LogP contribution in [0.4, 0.5) is 10.1 Å². The fraction of sp³-hybridized carbons (Fsp3) is 0.391. The maximum atomic E-state index is 13.2. The third-order valence-corrected chi connectivity index (χ3v) is 5.30. The Morgan fingerprint density at radius 2 is 1.77 bits per heavy atom. The van der Waals surface area contributed by atoms with Crippen LogP contribution in [-0.4, -0.2) is 50.6 Å². The summed E-state index contributed by atoms with van der Waals surface area (Å²) in [7, 11) is 2.95. The van der Waals surface area contributed by atoms with Gasteiger partial charge < -0.3 is 20.1 Å². The molecule has 1 atom stereocenters. The van der Waals surface area contributed by atoms with E-state index in [1.54, 1.807) is 24.3 Å². The van der Waals surface area contributed by atoms with Crippen molar-refractivity contribution in [3.05, 3.63) is 53.3 Å². The monoisotopic (exact) mass is 429 g/mol. The van der Waals surface area contributed by atoms with Crippen LogP contribution in [0.2, 0.25) is 0 Å². The summed E-state index contributed by atoms with van der Waals surface area (Å²) in [5.41, 5.74) is 1.45. The van der Waals surface area contributed by atoms with Crippen LogP contribution in [0.5, 0.6) is 11.5 Å². The van der Waals surface area contributed by atoms with E-state index in [1.807, 2.05) is 6.92 Å². The molecule has 1 saturated heterocycles. The third-order valence-electron chi connectivity index (χ3n) is 5.30. The van der Waals surface area contributed by atoms with E-state index in [0.717, 1.165) is 31.5 Å². The Morgan fingerprint density at radius 3 is 2.39 bits per heavy atom. The van der Waals surface area contributed by atoms with Crippen LogP contribution < -0.4 is 20.1 Å². The molecule has 0 radical (unpaired) electrons. The number of benzene rings is 2. The van der Waals surface area contributed by atoms with Crippen molar-refractivity contribution >= 4 is 17.5 Å². The number of anilines is 1. The summed E-state index contributed by atoms with van der Waals surface area (Å²) >= 11 is 0. The first-order valence-electron chi connectivity index (χ1n) is 10.3. The van der Waals surface area contributed by atoms with Crippen molar-refractivity contribution < 1.29 is 23.5 Å². The van der Waals surface area contributed by atoms with Crippen molar-refractivity contribution in [2.24, 2.45) is 0 Å². The van der Waals surface area contributed by atoms with Crippen molar-refractivity contribution in [1.82, 2.24) is 10.2 Å². The highest BCUT2D eigenvalue weighted by Gasteiger charge is 2.21. The molecule has 2 N–H and O–H groups in total. The molecule has 0 saturated carbocycles. The number of halogens is 1. The van der Waals surface area contributed by atoms with Crippen molar-refractivity contribution in [3.8, 4) is 11.5 Å². The number of rotatable bonds is 8. The molecule has 31 heavy (non-hydrogen) atoms. The second kappa shape index (κ2) is 10.3. The Labute approximate surface area is 181 Å². The maximum Gasteiger partial charge on any atom is 0.251 e. The minimum Gasteiger partial charge on any atom is -0.493 e. The largest absolute Gasteiger partial charge is 0.493 e. The molecule has 1 aliphatic rings. The highest BCUT2D eigenvalue weighted by molar-refractivity contribution is 6.00. The van der Waals surface area contributed by atoms with Gasteiger partial charge in [0.15, 0.2) is 11.5 Å².